The Kier molecular flexibility index (Phi) is 1.87. The van der Waals surface area contributed by atoms with E-state index >= 15 is 0 Å². The number of nitrogens with zero attached hydrogens (tertiary/aromatic N) is 1. The molecule has 0 aromatic rings. The molecule has 0 amide bonds. The maximum absolute atomic E-state index is 3.15. The van der Waals surface area contributed by atoms with Crippen molar-refractivity contribution < 1.29 is 0 Å². The van der Waals surface area contributed by atoms with Crippen molar-refractivity contribution in [2.24, 2.45) is 5.92 Å². The van der Waals surface area contributed by atoms with Gasteiger partial charge in [-0.05, 0) is 32.1 Å². The SMILES string of the molecule is CC#CCN1CC2CCC1C2. The van der Waals surface area contributed by atoms with Crippen molar-refractivity contribution in [2.45, 2.75) is 32.2 Å². The Morgan fingerprint density at radius 3 is 2.91 bits per heavy atom. The van der Waals surface area contributed by atoms with Gasteiger partial charge in [-0.25, -0.2) is 0 Å². The summed E-state index contributed by atoms with van der Waals surface area (Å²) >= 11 is 0. The molecule has 0 aromatic carbocycles. The fourth-order valence-corrected chi connectivity index (χ4v) is 2.40. The fourth-order valence-electron chi connectivity index (χ4n) is 2.40. The number of rotatable bonds is 1. The molecule has 1 heterocycles. The van der Waals surface area contributed by atoms with Crippen LogP contribution >= 0.6 is 0 Å². The maximum Gasteiger partial charge on any atom is 0.0603 e. The van der Waals surface area contributed by atoms with Crippen LogP contribution in [-0.2, 0) is 0 Å². The lowest BCUT2D eigenvalue weighted by atomic mass is 10.1. The first-order valence-corrected chi connectivity index (χ1v) is 4.54. The molecule has 0 N–H and O–H groups in total. The summed E-state index contributed by atoms with van der Waals surface area (Å²) in [6.07, 6.45) is 4.35. The first kappa shape index (κ1) is 7.18. The molecule has 2 unspecified atom stereocenters. The molecule has 1 heteroatoms. The molecule has 2 rings (SSSR count). The van der Waals surface area contributed by atoms with E-state index in [0.29, 0.717) is 0 Å². The van der Waals surface area contributed by atoms with Crippen molar-refractivity contribution >= 4 is 0 Å². The Bertz CT molecular complexity index is 199. The third-order valence-corrected chi connectivity index (χ3v) is 2.98. The van der Waals surface area contributed by atoms with E-state index in [0.717, 1.165) is 18.5 Å². The monoisotopic (exact) mass is 149 g/mol. The van der Waals surface area contributed by atoms with Crippen molar-refractivity contribution in [1.82, 2.24) is 4.90 Å². The molecule has 1 saturated carbocycles. The third-order valence-electron chi connectivity index (χ3n) is 2.98. The van der Waals surface area contributed by atoms with Crippen molar-refractivity contribution in [3.63, 3.8) is 0 Å². The average Bonchev–Trinajstić information content (AvgIpc) is 2.60. The zero-order valence-electron chi connectivity index (χ0n) is 7.14. The molecule has 1 nitrogen and oxygen atoms in total. The largest absolute Gasteiger partial charge is 0.289 e. The molecule has 0 radical (unpaired) electrons. The third kappa shape index (κ3) is 1.28. The van der Waals surface area contributed by atoms with Gasteiger partial charge in [-0.15, -0.1) is 5.92 Å². The molecule has 1 aliphatic heterocycles. The predicted octanol–water partition coefficient (Wildman–Crippen LogP) is 1.49. The van der Waals surface area contributed by atoms with Gasteiger partial charge >= 0.3 is 0 Å². The van der Waals surface area contributed by atoms with E-state index in [2.05, 4.69) is 16.7 Å². The van der Waals surface area contributed by atoms with Gasteiger partial charge in [-0.1, -0.05) is 5.92 Å². The van der Waals surface area contributed by atoms with Crippen LogP contribution in [-0.4, -0.2) is 24.0 Å². The molecule has 0 spiro atoms. The van der Waals surface area contributed by atoms with Crippen LogP contribution in [0.25, 0.3) is 0 Å². The number of hydrogen-bond donors (Lipinski definition) is 0. The molecule has 2 bridgehead atoms. The van der Waals surface area contributed by atoms with Gasteiger partial charge in [0.05, 0.1) is 6.54 Å². The Labute approximate surface area is 68.8 Å². The quantitative estimate of drug-likeness (QED) is 0.511. The Morgan fingerprint density at radius 1 is 1.45 bits per heavy atom. The lowest BCUT2D eigenvalue weighted by Gasteiger charge is -2.24. The summed E-state index contributed by atoms with van der Waals surface area (Å²) in [5, 5.41) is 0. The van der Waals surface area contributed by atoms with Crippen molar-refractivity contribution in [3.05, 3.63) is 0 Å². The molecular formula is C10H15N. The molecular weight excluding hydrogens is 134 g/mol. The van der Waals surface area contributed by atoms with Crippen LogP contribution in [0.3, 0.4) is 0 Å². The number of hydrogen-bond acceptors (Lipinski definition) is 1. The van der Waals surface area contributed by atoms with E-state index in [9.17, 15) is 0 Å². The summed E-state index contributed by atoms with van der Waals surface area (Å²) in [4.78, 5) is 2.55. The van der Waals surface area contributed by atoms with E-state index < -0.39 is 0 Å². The van der Waals surface area contributed by atoms with Gasteiger partial charge in [0, 0.05) is 12.6 Å². The topological polar surface area (TPSA) is 3.24 Å². The fraction of sp³-hybridized carbons (Fsp3) is 0.800. The van der Waals surface area contributed by atoms with Crippen LogP contribution in [0, 0.1) is 17.8 Å². The van der Waals surface area contributed by atoms with Crippen molar-refractivity contribution in [3.8, 4) is 11.8 Å². The van der Waals surface area contributed by atoms with Gasteiger partial charge in [-0.3, -0.25) is 4.90 Å². The van der Waals surface area contributed by atoms with Gasteiger partial charge in [0.1, 0.15) is 0 Å². The zero-order valence-corrected chi connectivity index (χ0v) is 7.14. The van der Waals surface area contributed by atoms with Gasteiger partial charge < -0.3 is 0 Å². The van der Waals surface area contributed by atoms with Crippen LogP contribution in [0.5, 0.6) is 0 Å². The molecule has 2 aliphatic rings. The van der Waals surface area contributed by atoms with Gasteiger partial charge in [0.25, 0.3) is 0 Å². The Balaban J connectivity index is 1.90. The van der Waals surface area contributed by atoms with Gasteiger partial charge in [0.2, 0.25) is 0 Å². The molecule has 0 aromatic heterocycles. The summed E-state index contributed by atoms with van der Waals surface area (Å²) in [5.74, 6) is 7.13. The highest BCUT2D eigenvalue weighted by Crippen LogP contribution is 2.36. The molecule has 1 saturated heterocycles. The summed E-state index contributed by atoms with van der Waals surface area (Å²) < 4.78 is 0. The minimum absolute atomic E-state index is 0.890. The summed E-state index contributed by atoms with van der Waals surface area (Å²) in [6, 6.07) is 0.890. The van der Waals surface area contributed by atoms with Crippen molar-refractivity contribution in [2.75, 3.05) is 13.1 Å². The second-order valence-corrected chi connectivity index (χ2v) is 3.69. The zero-order chi connectivity index (χ0) is 7.68. The highest BCUT2D eigenvalue weighted by Gasteiger charge is 2.36. The van der Waals surface area contributed by atoms with E-state index in [-0.39, 0.29) is 0 Å². The molecule has 60 valence electrons. The highest BCUT2D eigenvalue weighted by atomic mass is 15.2. The van der Waals surface area contributed by atoms with E-state index in [1.54, 1.807) is 0 Å². The van der Waals surface area contributed by atoms with E-state index in [4.69, 9.17) is 0 Å². The van der Waals surface area contributed by atoms with Crippen molar-refractivity contribution in [1.29, 1.82) is 0 Å². The number of piperidine rings is 1. The Morgan fingerprint density at radius 2 is 2.36 bits per heavy atom. The summed E-state index contributed by atoms with van der Waals surface area (Å²) in [6.45, 7) is 4.26. The van der Waals surface area contributed by atoms with E-state index in [1.165, 1.54) is 25.8 Å². The maximum atomic E-state index is 3.15. The average molecular weight is 149 g/mol. The standard InChI is InChI=1S/C10H15N/c1-2-3-6-11-8-9-4-5-10(11)7-9/h9-10H,4-8H2,1H3. The lowest BCUT2D eigenvalue weighted by molar-refractivity contribution is 0.239. The van der Waals surface area contributed by atoms with Crippen LogP contribution in [0.4, 0.5) is 0 Å². The highest BCUT2D eigenvalue weighted by molar-refractivity contribution is 5.02. The second kappa shape index (κ2) is 2.87. The van der Waals surface area contributed by atoms with Crippen LogP contribution in [0.15, 0.2) is 0 Å². The number of fused-ring (bicyclic) bond motifs is 2. The first-order chi connectivity index (χ1) is 5.40. The molecule has 2 fully saturated rings. The Hall–Kier alpha value is -0.480. The first-order valence-electron chi connectivity index (χ1n) is 4.54. The molecule has 2 atom stereocenters. The minimum atomic E-state index is 0.890. The normalized spacial score (nSPS) is 35.4. The van der Waals surface area contributed by atoms with Crippen LogP contribution in [0.2, 0.25) is 0 Å². The smallest absolute Gasteiger partial charge is 0.0603 e. The minimum Gasteiger partial charge on any atom is -0.289 e. The van der Waals surface area contributed by atoms with Crippen LogP contribution < -0.4 is 0 Å². The van der Waals surface area contributed by atoms with Gasteiger partial charge in [0.15, 0.2) is 0 Å². The molecule has 1 aliphatic carbocycles. The summed E-state index contributed by atoms with van der Waals surface area (Å²) in [5.41, 5.74) is 0. The second-order valence-electron chi connectivity index (χ2n) is 3.69. The summed E-state index contributed by atoms with van der Waals surface area (Å²) in [7, 11) is 0. The van der Waals surface area contributed by atoms with Gasteiger partial charge in [-0.2, -0.15) is 0 Å². The predicted molar refractivity (Wildman–Crippen MR) is 46.2 cm³/mol. The lowest BCUT2D eigenvalue weighted by Crippen LogP contribution is -2.32. The number of likely N-dealkylation sites (tertiary alicyclic amines) is 1. The van der Waals surface area contributed by atoms with Crippen LogP contribution in [0.1, 0.15) is 26.2 Å². The van der Waals surface area contributed by atoms with E-state index in [1.807, 2.05) is 6.92 Å². The molecule has 11 heavy (non-hydrogen) atoms.